The lowest BCUT2D eigenvalue weighted by atomic mass is 9.60. The molecule has 1 aliphatic carbocycles. The van der Waals surface area contributed by atoms with Gasteiger partial charge in [0, 0.05) is 24.8 Å². The summed E-state index contributed by atoms with van der Waals surface area (Å²) in [6.45, 7) is 5.76. The SMILES string of the molecule is Cc1cc(C)cc(C(=O)NC2CCC23CCOCC3)c1. The Morgan fingerprint density at radius 3 is 2.35 bits per heavy atom. The summed E-state index contributed by atoms with van der Waals surface area (Å²) in [4.78, 5) is 12.4. The second-order valence-corrected chi connectivity index (χ2v) is 6.42. The first-order valence-electron chi connectivity index (χ1n) is 7.56. The van der Waals surface area contributed by atoms with Gasteiger partial charge in [-0.05, 0) is 57.1 Å². The molecule has 20 heavy (non-hydrogen) atoms. The van der Waals surface area contributed by atoms with Gasteiger partial charge in [-0.25, -0.2) is 0 Å². The van der Waals surface area contributed by atoms with Crippen molar-refractivity contribution in [2.75, 3.05) is 13.2 Å². The van der Waals surface area contributed by atoms with E-state index in [1.54, 1.807) is 0 Å². The monoisotopic (exact) mass is 273 g/mol. The van der Waals surface area contributed by atoms with Crippen molar-refractivity contribution in [3.63, 3.8) is 0 Å². The molecule has 0 aromatic heterocycles. The zero-order chi connectivity index (χ0) is 14.2. The Hall–Kier alpha value is -1.35. The van der Waals surface area contributed by atoms with Gasteiger partial charge in [-0.1, -0.05) is 17.2 Å². The van der Waals surface area contributed by atoms with Gasteiger partial charge in [0.05, 0.1) is 0 Å². The van der Waals surface area contributed by atoms with E-state index in [1.807, 2.05) is 26.0 Å². The molecule has 0 bridgehead atoms. The largest absolute Gasteiger partial charge is 0.381 e. The van der Waals surface area contributed by atoms with Gasteiger partial charge in [-0.15, -0.1) is 0 Å². The molecule has 1 aromatic carbocycles. The highest BCUT2D eigenvalue weighted by Gasteiger charge is 2.47. The lowest BCUT2D eigenvalue weighted by Crippen LogP contribution is -2.57. The predicted octanol–water partition coefficient (Wildman–Crippen LogP) is 2.99. The van der Waals surface area contributed by atoms with E-state index in [2.05, 4.69) is 11.4 Å². The van der Waals surface area contributed by atoms with Crippen LogP contribution in [0.15, 0.2) is 18.2 Å². The maximum Gasteiger partial charge on any atom is 0.251 e. The van der Waals surface area contributed by atoms with E-state index in [1.165, 1.54) is 6.42 Å². The highest BCUT2D eigenvalue weighted by molar-refractivity contribution is 5.94. The van der Waals surface area contributed by atoms with Gasteiger partial charge in [0.2, 0.25) is 0 Å². The quantitative estimate of drug-likeness (QED) is 0.899. The Kier molecular flexibility index (Phi) is 3.55. The number of benzene rings is 1. The summed E-state index contributed by atoms with van der Waals surface area (Å²) < 4.78 is 5.46. The van der Waals surface area contributed by atoms with Crippen molar-refractivity contribution < 1.29 is 9.53 Å². The van der Waals surface area contributed by atoms with Crippen LogP contribution in [0.4, 0.5) is 0 Å². The van der Waals surface area contributed by atoms with Crippen LogP contribution in [0, 0.1) is 19.3 Å². The summed E-state index contributed by atoms with van der Waals surface area (Å²) in [5.41, 5.74) is 3.39. The van der Waals surface area contributed by atoms with Crippen LogP contribution in [0.2, 0.25) is 0 Å². The number of aryl methyl sites for hydroxylation is 2. The van der Waals surface area contributed by atoms with Crippen molar-refractivity contribution in [1.82, 2.24) is 5.32 Å². The van der Waals surface area contributed by atoms with E-state index in [-0.39, 0.29) is 5.91 Å². The number of amides is 1. The molecule has 1 aliphatic heterocycles. The third kappa shape index (κ3) is 2.47. The van der Waals surface area contributed by atoms with Crippen molar-refractivity contribution in [2.24, 2.45) is 5.41 Å². The molecular formula is C17H23NO2. The highest BCUT2D eigenvalue weighted by atomic mass is 16.5. The first-order valence-corrected chi connectivity index (χ1v) is 7.56. The normalized spacial score (nSPS) is 24.2. The second-order valence-electron chi connectivity index (χ2n) is 6.42. The molecule has 1 amide bonds. The minimum absolute atomic E-state index is 0.0763. The maximum atomic E-state index is 12.4. The number of nitrogens with one attached hydrogen (secondary N) is 1. The standard InChI is InChI=1S/C17H23NO2/c1-12-9-13(2)11-14(10-12)16(19)18-15-3-4-17(15)5-7-20-8-6-17/h9-11,15H,3-8H2,1-2H3,(H,18,19). The van der Waals surface area contributed by atoms with Crippen LogP contribution in [-0.2, 0) is 4.74 Å². The molecule has 1 aromatic rings. The number of carbonyl (C=O) groups excluding carboxylic acids is 1. The first-order chi connectivity index (χ1) is 9.59. The molecule has 1 spiro atoms. The molecule has 1 saturated heterocycles. The summed E-state index contributed by atoms with van der Waals surface area (Å²) >= 11 is 0. The Bertz CT molecular complexity index is 497. The van der Waals surface area contributed by atoms with E-state index in [9.17, 15) is 4.79 Å². The van der Waals surface area contributed by atoms with Crippen molar-refractivity contribution >= 4 is 5.91 Å². The van der Waals surface area contributed by atoms with Gasteiger partial charge in [0.1, 0.15) is 0 Å². The number of rotatable bonds is 2. The Morgan fingerprint density at radius 2 is 1.80 bits per heavy atom. The smallest absolute Gasteiger partial charge is 0.251 e. The van der Waals surface area contributed by atoms with Crippen LogP contribution in [0.1, 0.15) is 47.2 Å². The van der Waals surface area contributed by atoms with E-state index >= 15 is 0 Å². The lowest BCUT2D eigenvalue weighted by Gasteiger charge is -2.52. The molecule has 1 unspecified atom stereocenters. The Morgan fingerprint density at radius 1 is 1.15 bits per heavy atom. The summed E-state index contributed by atoms with van der Waals surface area (Å²) in [7, 11) is 0. The zero-order valence-electron chi connectivity index (χ0n) is 12.4. The van der Waals surface area contributed by atoms with Crippen LogP contribution in [0.25, 0.3) is 0 Å². The highest BCUT2D eigenvalue weighted by Crippen LogP contribution is 2.48. The van der Waals surface area contributed by atoms with Crippen LogP contribution < -0.4 is 5.32 Å². The molecule has 2 fully saturated rings. The zero-order valence-corrected chi connectivity index (χ0v) is 12.4. The summed E-state index contributed by atoms with van der Waals surface area (Å²) in [6, 6.07) is 6.37. The van der Waals surface area contributed by atoms with E-state index in [4.69, 9.17) is 4.74 Å². The van der Waals surface area contributed by atoms with Crippen molar-refractivity contribution in [3.05, 3.63) is 34.9 Å². The molecule has 0 radical (unpaired) electrons. The Labute approximate surface area is 120 Å². The number of carbonyl (C=O) groups is 1. The van der Waals surface area contributed by atoms with E-state index in [0.717, 1.165) is 49.2 Å². The second kappa shape index (κ2) is 5.21. The average Bonchev–Trinajstić information content (AvgIpc) is 2.43. The van der Waals surface area contributed by atoms with Crippen molar-refractivity contribution in [2.45, 2.75) is 45.6 Å². The van der Waals surface area contributed by atoms with Gasteiger partial charge in [-0.2, -0.15) is 0 Å². The van der Waals surface area contributed by atoms with E-state index < -0.39 is 0 Å². The summed E-state index contributed by atoms with van der Waals surface area (Å²) in [5.74, 6) is 0.0763. The fourth-order valence-corrected chi connectivity index (χ4v) is 3.65. The van der Waals surface area contributed by atoms with E-state index in [0.29, 0.717) is 11.5 Å². The third-order valence-electron chi connectivity index (χ3n) is 4.95. The fourth-order valence-electron chi connectivity index (χ4n) is 3.65. The molecule has 1 heterocycles. The topological polar surface area (TPSA) is 38.3 Å². The van der Waals surface area contributed by atoms with Gasteiger partial charge in [-0.3, -0.25) is 4.79 Å². The summed E-state index contributed by atoms with van der Waals surface area (Å²) in [6.07, 6.45) is 4.51. The van der Waals surface area contributed by atoms with Crippen LogP contribution >= 0.6 is 0 Å². The average molecular weight is 273 g/mol. The predicted molar refractivity (Wildman–Crippen MR) is 78.9 cm³/mol. The minimum Gasteiger partial charge on any atom is -0.381 e. The molecular weight excluding hydrogens is 250 g/mol. The molecule has 108 valence electrons. The van der Waals surface area contributed by atoms with Crippen LogP contribution in [0.5, 0.6) is 0 Å². The Balaban J connectivity index is 1.70. The number of hydrogen-bond acceptors (Lipinski definition) is 2. The molecule has 2 aliphatic rings. The minimum atomic E-state index is 0.0763. The third-order valence-corrected chi connectivity index (χ3v) is 4.95. The summed E-state index contributed by atoms with van der Waals surface area (Å²) in [5, 5.41) is 3.25. The molecule has 1 atom stereocenters. The molecule has 1 saturated carbocycles. The molecule has 1 N–H and O–H groups in total. The van der Waals surface area contributed by atoms with Gasteiger partial charge in [0.15, 0.2) is 0 Å². The molecule has 3 nitrogen and oxygen atoms in total. The number of ether oxygens (including phenoxy) is 1. The fraction of sp³-hybridized carbons (Fsp3) is 0.588. The molecule has 3 rings (SSSR count). The lowest BCUT2D eigenvalue weighted by molar-refractivity contribution is -0.0523. The number of hydrogen-bond donors (Lipinski definition) is 1. The maximum absolute atomic E-state index is 12.4. The van der Waals surface area contributed by atoms with Gasteiger partial charge >= 0.3 is 0 Å². The van der Waals surface area contributed by atoms with Gasteiger partial charge < -0.3 is 10.1 Å². The van der Waals surface area contributed by atoms with Crippen molar-refractivity contribution in [3.8, 4) is 0 Å². The van der Waals surface area contributed by atoms with Crippen molar-refractivity contribution in [1.29, 1.82) is 0 Å². The van der Waals surface area contributed by atoms with Crippen LogP contribution in [0.3, 0.4) is 0 Å². The molecule has 3 heteroatoms. The van der Waals surface area contributed by atoms with Crippen LogP contribution in [-0.4, -0.2) is 25.2 Å². The van der Waals surface area contributed by atoms with Gasteiger partial charge in [0.25, 0.3) is 5.91 Å². The first kappa shape index (κ1) is 13.6.